The Morgan fingerprint density at radius 2 is 1.67 bits per heavy atom. The maximum Gasteiger partial charge on any atom is 0.449 e. The highest BCUT2D eigenvalue weighted by molar-refractivity contribution is 7.89. The Bertz CT molecular complexity index is 1160. The monoisotopic (exact) mass is 422 g/mol. The van der Waals surface area contributed by atoms with E-state index in [0.717, 1.165) is 36.0 Å². The molecule has 0 saturated carbocycles. The minimum Gasteiger partial charge on any atom is -0.408 e. The molecule has 3 aromatic rings. The molecule has 7 heteroatoms. The molecule has 1 aliphatic rings. The number of hydrazine groups is 1. The zero-order valence-electron chi connectivity index (χ0n) is 16.5. The van der Waals surface area contributed by atoms with Crippen LogP contribution in [0.15, 0.2) is 77.7 Å². The number of benzene rings is 3. The molecule has 0 fully saturated rings. The molecule has 0 heterocycles. The molecule has 1 aliphatic carbocycles. The van der Waals surface area contributed by atoms with E-state index in [9.17, 15) is 13.2 Å². The van der Waals surface area contributed by atoms with Crippen molar-refractivity contribution in [1.29, 1.82) is 0 Å². The fourth-order valence-corrected chi connectivity index (χ4v) is 4.62. The van der Waals surface area contributed by atoms with Gasteiger partial charge in [-0.3, -0.25) is 5.43 Å². The predicted molar refractivity (Wildman–Crippen MR) is 115 cm³/mol. The van der Waals surface area contributed by atoms with E-state index in [4.69, 9.17) is 4.74 Å². The Kier molecular flexibility index (Phi) is 5.46. The Hall–Kier alpha value is -3.32. The minimum absolute atomic E-state index is 0.00762. The van der Waals surface area contributed by atoms with Crippen LogP contribution in [0.2, 0.25) is 0 Å². The summed E-state index contributed by atoms with van der Waals surface area (Å²) in [6.07, 6.45) is 1.70. The van der Waals surface area contributed by atoms with Crippen molar-refractivity contribution in [2.45, 2.75) is 31.1 Å². The lowest BCUT2D eigenvalue weighted by Gasteiger charge is -2.23. The Balaban J connectivity index is 1.69. The van der Waals surface area contributed by atoms with Crippen molar-refractivity contribution in [3.8, 4) is 5.75 Å². The molecule has 0 unspecified atom stereocenters. The van der Waals surface area contributed by atoms with Crippen molar-refractivity contribution in [3.63, 3.8) is 0 Å². The molecule has 30 heavy (non-hydrogen) atoms. The molecule has 6 nitrogen and oxygen atoms in total. The summed E-state index contributed by atoms with van der Waals surface area (Å²) < 4.78 is 32.7. The van der Waals surface area contributed by atoms with E-state index in [1.54, 1.807) is 48.5 Å². The number of hydrogen-bond donors (Lipinski definition) is 1. The average molecular weight is 423 g/mol. The number of carbonyl (C=O) groups excluding carboxylic acids is 1. The van der Waals surface area contributed by atoms with E-state index < -0.39 is 16.1 Å². The summed E-state index contributed by atoms with van der Waals surface area (Å²) in [6, 6.07) is 20.5. The summed E-state index contributed by atoms with van der Waals surface area (Å²) in [5, 5.41) is 0. The third-order valence-electron chi connectivity index (χ3n) is 5.03. The number of sulfonamides is 1. The Morgan fingerprint density at radius 1 is 0.933 bits per heavy atom. The molecule has 0 aliphatic heterocycles. The Labute approximate surface area is 176 Å². The maximum atomic E-state index is 13.3. The number of carbonyl (C=O) groups is 1. The van der Waals surface area contributed by atoms with Gasteiger partial charge in [-0.2, -0.15) is 8.42 Å². The molecule has 0 bridgehead atoms. The lowest BCUT2D eigenvalue weighted by molar-refractivity contribution is 0.184. The van der Waals surface area contributed by atoms with Gasteiger partial charge in [-0.05, 0) is 67.6 Å². The second-order valence-corrected chi connectivity index (χ2v) is 8.96. The molecule has 3 aromatic carbocycles. The molecular formula is C23H22N2O4S. The van der Waals surface area contributed by atoms with Gasteiger partial charge in [-0.15, -0.1) is 4.41 Å². The highest BCUT2D eigenvalue weighted by atomic mass is 32.2. The topological polar surface area (TPSA) is 75.7 Å². The number of anilines is 1. The number of nitrogens with zero attached hydrogens (tertiary/aromatic N) is 1. The number of nitrogens with one attached hydrogen (secondary N) is 1. The van der Waals surface area contributed by atoms with Crippen LogP contribution in [0.4, 0.5) is 10.5 Å². The second kappa shape index (κ2) is 8.20. The number of fused-ring (bicyclic) bond motifs is 1. The quantitative estimate of drug-likeness (QED) is 0.603. The molecule has 154 valence electrons. The van der Waals surface area contributed by atoms with Gasteiger partial charge in [0.25, 0.3) is 10.0 Å². The van der Waals surface area contributed by atoms with Gasteiger partial charge < -0.3 is 4.74 Å². The van der Waals surface area contributed by atoms with Gasteiger partial charge in [0, 0.05) is 0 Å². The summed E-state index contributed by atoms with van der Waals surface area (Å²) in [5.74, 6) is 0.397. The average Bonchev–Trinajstić information content (AvgIpc) is 3.23. The van der Waals surface area contributed by atoms with E-state index in [2.05, 4.69) is 5.43 Å². The first-order valence-electron chi connectivity index (χ1n) is 9.71. The number of amides is 1. The zero-order valence-corrected chi connectivity index (χ0v) is 17.4. The third-order valence-corrected chi connectivity index (χ3v) is 6.62. The SMILES string of the molecule is Cc1ccc(S(=O)(=O)N(Nc2ccccc2)C(=O)Oc2cccc3c2CCC3)cc1. The van der Waals surface area contributed by atoms with Crippen LogP contribution in [0, 0.1) is 6.92 Å². The summed E-state index contributed by atoms with van der Waals surface area (Å²) in [5.41, 5.74) is 6.14. The predicted octanol–water partition coefficient (Wildman–Crippen LogP) is 4.70. The van der Waals surface area contributed by atoms with Gasteiger partial charge in [0.2, 0.25) is 0 Å². The van der Waals surface area contributed by atoms with Gasteiger partial charge in [-0.1, -0.05) is 48.0 Å². The Morgan fingerprint density at radius 3 is 2.40 bits per heavy atom. The fourth-order valence-electron chi connectivity index (χ4n) is 3.47. The zero-order chi connectivity index (χ0) is 21.1. The summed E-state index contributed by atoms with van der Waals surface area (Å²) in [4.78, 5) is 13.1. The highest BCUT2D eigenvalue weighted by Crippen LogP contribution is 2.31. The summed E-state index contributed by atoms with van der Waals surface area (Å²) >= 11 is 0. The number of ether oxygens (including phenoxy) is 1. The van der Waals surface area contributed by atoms with E-state index in [1.807, 2.05) is 19.1 Å². The third kappa shape index (κ3) is 4.02. The molecule has 0 spiro atoms. The first kappa shape index (κ1) is 20.0. The van der Waals surface area contributed by atoms with E-state index >= 15 is 0 Å². The van der Waals surface area contributed by atoms with Crippen LogP contribution in [0.25, 0.3) is 0 Å². The van der Waals surface area contributed by atoms with Crippen LogP contribution in [0.5, 0.6) is 5.75 Å². The van der Waals surface area contributed by atoms with Gasteiger partial charge >= 0.3 is 6.09 Å². The standard InChI is InChI=1S/C23H22N2O4S/c1-17-13-15-20(16-14-17)30(27,28)25(24-19-9-3-2-4-10-19)23(26)29-22-12-6-8-18-7-5-11-21(18)22/h2-4,6,8-10,12-16,24H,5,7,11H2,1H3. The van der Waals surface area contributed by atoms with Gasteiger partial charge in [-0.25, -0.2) is 4.79 Å². The van der Waals surface area contributed by atoms with Crippen LogP contribution in [0.1, 0.15) is 23.1 Å². The highest BCUT2D eigenvalue weighted by Gasteiger charge is 2.32. The molecule has 4 rings (SSSR count). The molecule has 0 aromatic heterocycles. The minimum atomic E-state index is -4.20. The van der Waals surface area contributed by atoms with Crippen LogP contribution in [-0.4, -0.2) is 18.9 Å². The van der Waals surface area contributed by atoms with E-state index in [-0.39, 0.29) is 4.90 Å². The van der Waals surface area contributed by atoms with E-state index in [0.29, 0.717) is 15.9 Å². The lowest BCUT2D eigenvalue weighted by atomic mass is 10.1. The number of para-hydroxylation sites is 1. The van der Waals surface area contributed by atoms with Gasteiger partial charge in [0.15, 0.2) is 0 Å². The summed E-state index contributed by atoms with van der Waals surface area (Å²) in [6.45, 7) is 1.86. The smallest absolute Gasteiger partial charge is 0.408 e. The van der Waals surface area contributed by atoms with Crippen LogP contribution in [0.3, 0.4) is 0 Å². The number of hydrogen-bond acceptors (Lipinski definition) is 5. The van der Waals surface area contributed by atoms with Crippen LogP contribution >= 0.6 is 0 Å². The van der Waals surface area contributed by atoms with Gasteiger partial charge in [0.05, 0.1) is 10.6 Å². The molecule has 0 radical (unpaired) electrons. The molecular weight excluding hydrogens is 400 g/mol. The van der Waals surface area contributed by atoms with Crippen molar-refractivity contribution >= 4 is 21.8 Å². The van der Waals surface area contributed by atoms with Crippen molar-refractivity contribution in [3.05, 3.63) is 89.5 Å². The molecule has 0 saturated heterocycles. The van der Waals surface area contributed by atoms with Crippen molar-refractivity contribution in [2.75, 3.05) is 5.43 Å². The normalized spacial score (nSPS) is 12.8. The van der Waals surface area contributed by atoms with Crippen molar-refractivity contribution in [1.82, 2.24) is 4.41 Å². The van der Waals surface area contributed by atoms with Crippen molar-refractivity contribution < 1.29 is 17.9 Å². The largest absolute Gasteiger partial charge is 0.449 e. The van der Waals surface area contributed by atoms with Crippen LogP contribution in [-0.2, 0) is 22.9 Å². The maximum absolute atomic E-state index is 13.3. The molecule has 1 amide bonds. The molecule has 1 N–H and O–H groups in total. The number of aryl methyl sites for hydroxylation is 2. The van der Waals surface area contributed by atoms with Crippen LogP contribution < -0.4 is 10.2 Å². The second-order valence-electron chi connectivity index (χ2n) is 7.18. The van der Waals surface area contributed by atoms with Gasteiger partial charge in [0.1, 0.15) is 5.75 Å². The molecule has 0 atom stereocenters. The fraction of sp³-hybridized carbons (Fsp3) is 0.174. The summed E-state index contributed by atoms with van der Waals surface area (Å²) in [7, 11) is -4.20. The van der Waals surface area contributed by atoms with E-state index in [1.165, 1.54) is 12.1 Å². The first-order chi connectivity index (χ1) is 14.4. The lowest BCUT2D eigenvalue weighted by Crippen LogP contribution is -2.43. The first-order valence-corrected chi connectivity index (χ1v) is 11.2. The number of rotatable bonds is 5. The van der Waals surface area contributed by atoms with Crippen molar-refractivity contribution in [2.24, 2.45) is 0 Å².